The zero-order valence-electron chi connectivity index (χ0n) is 21.4. The van der Waals surface area contributed by atoms with Crippen molar-refractivity contribution in [1.29, 1.82) is 0 Å². The molecular formula is C27H28N8O4. The third-order valence-corrected chi connectivity index (χ3v) is 6.53. The first-order valence-corrected chi connectivity index (χ1v) is 12.6. The summed E-state index contributed by atoms with van der Waals surface area (Å²) in [7, 11) is 0. The molecule has 5 rings (SSSR count). The first-order valence-electron chi connectivity index (χ1n) is 12.6. The molecule has 2 aromatic heterocycles. The van der Waals surface area contributed by atoms with Crippen molar-refractivity contribution < 1.29 is 14.5 Å². The lowest BCUT2D eigenvalue weighted by molar-refractivity contribution is -0.384. The quantitative estimate of drug-likeness (QED) is 0.179. The Kier molecular flexibility index (Phi) is 7.34. The number of piperazine rings is 1. The molecular weight excluding hydrogens is 500 g/mol. The molecule has 2 amide bonds. The van der Waals surface area contributed by atoms with E-state index in [1.54, 1.807) is 29.2 Å². The molecule has 12 nitrogen and oxygen atoms in total. The highest BCUT2D eigenvalue weighted by Crippen LogP contribution is 2.29. The number of para-hydroxylation sites is 2. The fraction of sp³-hybridized carbons (Fsp3) is 0.259. The van der Waals surface area contributed by atoms with Crippen molar-refractivity contribution in [1.82, 2.24) is 25.2 Å². The Morgan fingerprint density at radius 3 is 2.44 bits per heavy atom. The Morgan fingerprint density at radius 1 is 1.00 bits per heavy atom. The van der Waals surface area contributed by atoms with E-state index in [4.69, 9.17) is 4.98 Å². The highest BCUT2D eigenvalue weighted by atomic mass is 16.6. The van der Waals surface area contributed by atoms with E-state index in [-0.39, 0.29) is 22.4 Å². The van der Waals surface area contributed by atoms with Gasteiger partial charge in [0.05, 0.1) is 10.3 Å². The standard InChI is InChI=1S/C27H28N8O4/c1-18(36)28-11-12-29-25-20-17-21(30-26(20)32-24(31-25)19-7-3-2-4-8-19)27(37)34-15-13-33(14-16-34)22-9-5-6-10-23(22)35(38)39/h2-10,17H,11-16H2,1H3,(H,28,36)(H2,29,30,31,32). The van der Waals surface area contributed by atoms with E-state index in [2.05, 4.69) is 20.6 Å². The van der Waals surface area contributed by atoms with Crippen LogP contribution >= 0.6 is 0 Å². The Morgan fingerprint density at radius 2 is 1.72 bits per heavy atom. The third kappa shape index (κ3) is 5.64. The van der Waals surface area contributed by atoms with Crippen molar-refractivity contribution in [3.63, 3.8) is 0 Å². The van der Waals surface area contributed by atoms with Crippen molar-refractivity contribution in [3.05, 3.63) is 76.5 Å². The number of amides is 2. The van der Waals surface area contributed by atoms with Gasteiger partial charge in [0.2, 0.25) is 5.91 Å². The van der Waals surface area contributed by atoms with Crippen LogP contribution in [-0.2, 0) is 4.79 Å². The molecule has 0 saturated carbocycles. The Bertz CT molecular complexity index is 1510. The number of nitrogens with zero attached hydrogens (tertiary/aromatic N) is 5. The number of hydrogen-bond donors (Lipinski definition) is 3. The summed E-state index contributed by atoms with van der Waals surface area (Å²) in [5, 5.41) is 18.1. The van der Waals surface area contributed by atoms with Crippen LogP contribution in [0.4, 0.5) is 17.2 Å². The molecule has 0 bridgehead atoms. The Hall–Kier alpha value is -5.00. The number of carbonyl (C=O) groups is 2. The second-order valence-corrected chi connectivity index (χ2v) is 9.14. The molecule has 0 radical (unpaired) electrons. The molecule has 3 N–H and O–H groups in total. The van der Waals surface area contributed by atoms with Gasteiger partial charge in [-0.2, -0.15) is 0 Å². The molecule has 1 aliphatic rings. The summed E-state index contributed by atoms with van der Waals surface area (Å²) in [6, 6.07) is 17.9. The minimum absolute atomic E-state index is 0.0548. The van der Waals surface area contributed by atoms with Gasteiger partial charge in [-0.05, 0) is 12.1 Å². The number of rotatable bonds is 8. The SMILES string of the molecule is CC(=O)NCCNc1nc(-c2ccccc2)nc2[nH]c(C(=O)N3CCN(c4ccccc4[N+](=O)[O-])CC3)cc12. The molecule has 200 valence electrons. The van der Waals surface area contributed by atoms with Gasteiger partial charge in [0.1, 0.15) is 22.8 Å². The van der Waals surface area contributed by atoms with Crippen molar-refractivity contribution in [3.8, 4) is 11.4 Å². The van der Waals surface area contributed by atoms with E-state index in [1.165, 1.54) is 13.0 Å². The van der Waals surface area contributed by atoms with E-state index >= 15 is 0 Å². The van der Waals surface area contributed by atoms with E-state index in [0.717, 1.165) is 5.56 Å². The summed E-state index contributed by atoms with van der Waals surface area (Å²) >= 11 is 0. The topological polar surface area (TPSA) is 149 Å². The predicted octanol–water partition coefficient (Wildman–Crippen LogP) is 3.04. The number of nitro benzene ring substituents is 1. The normalized spacial score (nSPS) is 13.4. The largest absolute Gasteiger partial charge is 0.368 e. The molecule has 39 heavy (non-hydrogen) atoms. The molecule has 0 spiro atoms. The summed E-state index contributed by atoms with van der Waals surface area (Å²) in [5.74, 6) is 0.761. The average molecular weight is 529 g/mol. The van der Waals surface area contributed by atoms with Crippen LogP contribution in [0, 0.1) is 10.1 Å². The van der Waals surface area contributed by atoms with Crippen molar-refractivity contribution in [2.24, 2.45) is 0 Å². The van der Waals surface area contributed by atoms with Crippen LogP contribution in [0.2, 0.25) is 0 Å². The van der Waals surface area contributed by atoms with E-state index < -0.39 is 0 Å². The fourth-order valence-corrected chi connectivity index (χ4v) is 4.60. The van der Waals surface area contributed by atoms with Crippen LogP contribution in [0.25, 0.3) is 22.4 Å². The number of benzene rings is 2. The summed E-state index contributed by atoms with van der Waals surface area (Å²) < 4.78 is 0. The number of hydrogen-bond acceptors (Lipinski definition) is 8. The van der Waals surface area contributed by atoms with Crippen LogP contribution < -0.4 is 15.5 Å². The predicted molar refractivity (Wildman–Crippen MR) is 148 cm³/mol. The summed E-state index contributed by atoms with van der Waals surface area (Å²) in [6.45, 7) is 4.12. The highest BCUT2D eigenvalue weighted by molar-refractivity contribution is 6.00. The number of nitrogens with one attached hydrogen (secondary N) is 3. The molecule has 4 aromatic rings. The maximum atomic E-state index is 13.4. The van der Waals surface area contributed by atoms with Crippen LogP contribution in [0.1, 0.15) is 17.4 Å². The van der Waals surface area contributed by atoms with Crippen LogP contribution in [0.5, 0.6) is 0 Å². The van der Waals surface area contributed by atoms with Crippen LogP contribution in [0.15, 0.2) is 60.7 Å². The Balaban J connectivity index is 1.36. The van der Waals surface area contributed by atoms with E-state index in [1.807, 2.05) is 35.2 Å². The molecule has 1 fully saturated rings. The van der Waals surface area contributed by atoms with Gasteiger partial charge >= 0.3 is 0 Å². The van der Waals surface area contributed by atoms with Crippen LogP contribution in [0.3, 0.4) is 0 Å². The Labute approximate surface area is 224 Å². The van der Waals surface area contributed by atoms with Gasteiger partial charge < -0.3 is 25.4 Å². The zero-order chi connectivity index (χ0) is 27.4. The van der Waals surface area contributed by atoms with Gasteiger partial charge in [-0.25, -0.2) is 9.97 Å². The summed E-state index contributed by atoms with van der Waals surface area (Å²) in [6.07, 6.45) is 0. The first-order chi connectivity index (χ1) is 18.9. The van der Waals surface area contributed by atoms with Gasteiger partial charge in [0.15, 0.2) is 5.82 Å². The monoisotopic (exact) mass is 528 g/mol. The molecule has 1 saturated heterocycles. The first kappa shape index (κ1) is 25.6. The van der Waals surface area contributed by atoms with Crippen LogP contribution in [-0.4, -0.2) is 75.9 Å². The number of H-pyrrole nitrogens is 1. The molecule has 0 aliphatic carbocycles. The minimum Gasteiger partial charge on any atom is -0.368 e. The molecule has 0 unspecified atom stereocenters. The number of fused-ring (bicyclic) bond motifs is 1. The molecule has 0 atom stereocenters. The van der Waals surface area contributed by atoms with E-state index in [0.29, 0.717) is 73.3 Å². The molecule has 3 heterocycles. The van der Waals surface area contributed by atoms with Gasteiger partial charge in [0, 0.05) is 57.8 Å². The third-order valence-electron chi connectivity index (χ3n) is 6.53. The minimum atomic E-state index is -0.385. The number of aromatic amines is 1. The second-order valence-electron chi connectivity index (χ2n) is 9.14. The van der Waals surface area contributed by atoms with Gasteiger partial charge in [-0.3, -0.25) is 19.7 Å². The van der Waals surface area contributed by atoms with Crippen molar-refractivity contribution >= 4 is 40.0 Å². The number of carbonyl (C=O) groups excluding carboxylic acids is 2. The lowest BCUT2D eigenvalue weighted by Crippen LogP contribution is -2.49. The highest BCUT2D eigenvalue weighted by Gasteiger charge is 2.27. The van der Waals surface area contributed by atoms with Gasteiger partial charge in [-0.15, -0.1) is 0 Å². The molecule has 12 heteroatoms. The summed E-state index contributed by atoms with van der Waals surface area (Å²) in [5.41, 5.74) is 2.34. The number of nitro groups is 1. The van der Waals surface area contributed by atoms with Gasteiger partial charge in [0.25, 0.3) is 11.6 Å². The maximum Gasteiger partial charge on any atom is 0.292 e. The van der Waals surface area contributed by atoms with Gasteiger partial charge in [-0.1, -0.05) is 42.5 Å². The average Bonchev–Trinajstić information content (AvgIpc) is 3.40. The van der Waals surface area contributed by atoms with Crippen molar-refractivity contribution in [2.45, 2.75) is 6.92 Å². The molecule has 1 aliphatic heterocycles. The maximum absolute atomic E-state index is 13.4. The summed E-state index contributed by atoms with van der Waals surface area (Å²) in [4.78, 5) is 51.9. The number of aromatic nitrogens is 3. The zero-order valence-corrected chi connectivity index (χ0v) is 21.4. The lowest BCUT2D eigenvalue weighted by atomic mass is 10.2. The van der Waals surface area contributed by atoms with Crippen molar-refractivity contribution in [2.75, 3.05) is 49.5 Å². The van der Waals surface area contributed by atoms with E-state index in [9.17, 15) is 19.7 Å². The smallest absolute Gasteiger partial charge is 0.292 e. The number of anilines is 2. The lowest BCUT2D eigenvalue weighted by Gasteiger charge is -2.35. The molecule has 2 aromatic carbocycles. The second kappa shape index (κ2) is 11.2. The fourth-order valence-electron chi connectivity index (χ4n) is 4.60.